The fourth-order valence-corrected chi connectivity index (χ4v) is 3.00. The van der Waals surface area contributed by atoms with E-state index < -0.39 is 0 Å². The van der Waals surface area contributed by atoms with Crippen LogP contribution in [0.1, 0.15) is 39.0 Å². The summed E-state index contributed by atoms with van der Waals surface area (Å²) in [7, 11) is 0. The van der Waals surface area contributed by atoms with Gasteiger partial charge in [-0.1, -0.05) is 31.0 Å². The summed E-state index contributed by atoms with van der Waals surface area (Å²) in [5.41, 5.74) is 11.0. The second kappa shape index (κ2) is 6.74. The molecule has 1 atom stereocenters. The van der Waals surface area contributed by atoms with E-state index in [0.717, 1.165) is 12.8 Å². The third-order valence-corrected chi connectivity index (χ3v) is 4.21. The zero-order valence-electron chi connectivity index (χ0n) is 11.5. The highest BCUT2D eigenvalue weighted by Crippen LogP contribution is 2.22. The molecule has 0 spiro atoms. The van der Waals surface area contributed by atoms with Crippen LogP contribution in [-0.2, 0) is 4.79 Å². The van der Waals surface area contributed by atoms with Gasteiger partial charge < -0.3 is 16.8 Å². The Morgan fingerprint density at radius 1 is 1.20 bits per heavy atom. The molecule has 1 saturated carbocycles. The van der Waals surface area contributed by atoms with Crippen molar-refractivity contribution < 1.29 is 4.79 Å². The molecule has 110 valence electrons. The second-order valence-electron chi connectivity index (χ2n) is 4.94. The summed E-state index contributed by atoms with van der Waals surface area (Å²) in [5, 5.41) is 3.16. The maximum atomic E-state index is 12.1. The van der Waals surface area contributed by atoms with Crippen molar-refractivity contribution in [2.24, 2.45) is 0 Å². The lowest BCUT2D eigenvalue weighted by atomic mass is 9.95. The van der Waals surface area contributed by atoms with Gasteiger partial charge in [-0.2, -0.15) is 15.0 Å². The van der Waals surface area contributed by atoms with E-state index in [0.29, 0.717) is 11.2 Å². The van der Waals surface area contributed by atoms with Crippen molar-refractivity contribution >= 4 is 29.6 Å². The molecule has 0 saturated heterocycles. The topological polar surface area (TPSA) is 120 Å². The number of nitrogen functional groups attached to an aromatic ring is 2. The lowest BCUT2D eigenvalue weighted by Crippen LogP contribution is -2.40. The number of amides is 1. The molecule has 0 radical (unpaired) electrons. The van der Waals surface area contributed by atoms with Crippen LogP contribution in [0.3, 0.4) is 0 Å². The summed E-state index contributed by atoms with van der Waals surface area (Å²) in [6.07, 6.45) is 5.77. The summed E-state index contributed by atoms with van der Waals surface area (Å²) in [6.45, 7) is 1.82. The Balaban J connectivity index is 1.89. The molecule has 0 aliphatic heterocycles. The van der Waals surface area contributed by atoms with Crippen molar-refractivity contribution in [1.29, 1.82) is 0 Å². The zero-order chi connectivity index (χ0) is 14.5. The predicted molar refractivity (Wildman–Crippen MR) is 79.0 cm³/mol. The standard InChI is InChI=1S/C12H20N6OS/c1-7(9(19)15-8-5-3-2-4-6-8)20-12-17-10(13)16-11(14)18-12/h7-8H,2-6H2,1H3,(H,15,19)(H4,13,14,16,17,18)/t7-/m0/s1. The quantitative estimate of drug-likeness (QED) is 0.708. The van der Waals surface area contributed by atoms with E-state index in [9.17, 15) is 4.79 Å². The molecule has 1 heterocycles. The van der Waals surface area contributed by atoms with E-state index in [-0.39, 0.29) is 23.1 Å². The highest BCUT2D eigenvalue weighted by atomic mass is 32.2. The highest BCUT2D eigenvalue weighted by molar-refractivity contribution is 8.00. The molecule has 0 aromatic carbocycles. The van der Waals surface area contributed by atoms with Gasteiger partial charge in [0.25, 0.3) is 0 Å². The molecule has 7 nitrogen and oxygen atoms in total. The maximum absolute atomic E-state index is 12.1. The van der Waals surface area contributed by atoms with E-state index in [4.69, 9.17) is 11.5 Å². The van der Waals surface area contributed by atoms with Gasteiger partial charge in [0.2, 0.25) is 17.8 Å². The molecule has 1 aliphatic carbocycles. The Morgan fingerprint density at radius 3 is 2.40 bits per heavy atom. The number of aromatic nitrogens is 3. The molecule has 2 rings (SSSR count). The van der Waals surface area contributed by atoms with Crippen LogP contribution in [0.25, 0.3) is 0 Å². The van der Waals surface area contributed by atoms with Gasteiger partial charge in [-0.15, -0.1) is 0 Å². The van der Waals surface area contributed by atoms with Crippen molar-refractivity contribution in [3.63, 3.8) is 0 Å². The van der Waals surface area contributed by atoms with Gasteiger partial charge in [-0.05, 0) is 19.8 Å². The van der Waals surface area contributed by atoms with Gasteiger partial charge in [0.15, 0.2) is 5.16 Å². The summed E-state index contributed by atoms with van der Waals surface area (Å²) in [6, 6.07) is 0.299. The van der Waals surface area contributed by atoms with Crippen LogP contribution in [0, 0.1) is 0 Å². The largest absolute Gasteiger partial charge is 0.368 e. The molecule has 1 aliphatic rings. The van der Waals surface area contributed by atoms with Gasteiger partial charge in [-0.3, -0.25) is 4.79 Å². The fraction of sp³-hybridized carbons (Fsp3) is 0.667. The number of nitrogens with one attached hydrogen (secondary N) is 1. The zero-order valence-corrected chi connectivity index (χ0v) is 12.3. The number of carbonyl (C=O) groups is 1. The van der Waals surface area contributed by atoms with E-state index >= 15 is 0 Å². The van der Waals surface area contributed by atoms with Crippen molar-refractivity contribution in [2.45, 2.75) is 55.5 Å². The van der Waals surface area contributed by atoms with Crippen LogP contribution in [0.15, 0.2) is 5.16 Å². The monoisotopic (exact) mass is 296 g/mol. The average Bonchev–Trinajstić information content (AvgIpc) is 2.38. The predicted octanol–water partition coefficient (Wildman–Crippen LogP) is 0.965. The van der Waals surface area contributed by atoms with Crippen molar-refractivity contribution in [1.82, 2.24) is 20.3 Å². The van der Waals surface area contributed by atoms with Gasteiger partial charge in [0.05, 0.1) is 5.25 Å². The van der Waals surface area contributed by atoms with Crippen LogP contribution in [0.2, 0.25) is 0 Å². The van der Waals surface area contributed by atoms with Crippen molar-refractivity contribution in [3.8, 4) is 0 Å². The lowest BCUT2D eigenvalue weighted by molar-refractivity contribution is -0.121. The molecule has 1 aromatic heterocycles. The first-order valence-electron chi connectivity index (χ1n) is 6.78. The number of nitrogens with zero attached hydrogens (tertiary/aromatic N) is 3. The summed E-state index contributed by atoms with van der Waals surface area (Å²) < 4.78 is 0. The molecule has 5 N–H and O–H groups in total. The Morgan fingerprint density at radius 2 is 1.80 bits per heavy atom. The third kappa shape index (κ3) is 4.22. The Hall–Kier alpha value is -1.57. The maximum Gasteiger partial charge on any atom is 0.233 e. The number of anilines is 2. The summed E-state index contributed by atoms with van der Waals surface area (Å²) >= 11 is 1.23. The first-order chi connectivity index (χ1) is 9.54. The van der Waals surface area contributed by atoms with Crippen LogP contribution in [0.4, 0.5) is 11.9 Å². The molecule has 1 fully saturated rings. The molecule has 0 unspecified atom stereocenters. The van der Waals surface area contributed by atoms with E-state index in [2.05, 4.69) is 20.3 Å². The molecular formula is C12H20N6OS. The molecule has 1 amide bonds. The Kier molecular flexibility index (Phi) is 4.99. The number of thioether (sulfide) groups is 1. The lowest BCUT2D eigenvalue weighted by Gasteiger charge is -2.24. The minimum absolute atomic E-state index is 0.000505. The van der Waals surface area contributed by atoms with Crippen LogP contribution in [-0.4, -0.2) is 32.2 Å². The van der Waals surface area contributed by atoms with Crippen LogP contribution < -0.4 is 16.8 Å². The van der Waals surface area contributed by atoms with Crippen molar-refractivity contribution in [2.75, 3.05) is 11.5 Å². The first kappa shape index (κ1) is 14.8. The number of hydrogen-bond acceptors (Lipinski definition) is 7. The fourth-order valence-electron chi connectivity index (χ4n) is 2.22. The molecule has 20 heavy (non-hydrogen) atoms. The Bertz CT molecular complexity index is 457. The summed E-state index contributed by atoms with van der Waals surface area (Å²) in [5.74, 6) is 0.138. The van der Waals surface area contributed by atoms with E-state index in [1.165, 1.54) is 31.0 Å². The highest BCUT2D eigenvalue weighted by Gasteiger charge is 2.21. The number of rotatable bonds is 4. The number of nitrogens with two attached hydrogens (primary N) is 2. The molecule has 0 bridgehead atoms. The Labute approximate surface area is 122 Å². The van der Waals surface area contributed by atoms with Gasteiger partial charge >= 0.3 is 0 Å². The molecule has 8 heteroatoms. The summed E-state index contributed by atoms with van der Waals surface area (Å²) in [4.78, 5) is 23.7. The van der Waals surface area contributed by atoms with E-state index in [1.54, 1.807) is 0 Å². The van der Waals surface area contributed by atoms with Crippen LogP contribution >= 0.6 is 11.8 Å². The molecular weight excluding hydrogens is 276 g/mol. The number of carbonyl (C=O) groups excluding carboxylic acids is 1. The van der Waals surface area contributed by atoms with Crippen molar-refractivity contribution in [3.05, 3.63) is 0 Å². The van der Waals surface area contributed by atoms with Crippen LogP contribution in [0.5, 0.6) is 0 Å². The van der Waals surface area contributed by atoms with E-state index in [1.807, 2.05) is 6.92 Å². The smallest absolute Gasteiger partial charge is 0.233 e. The minimum Gasteiger partial charge on any atom is -0.368 e. The first-order valence-corrected chi connectivity index (χ1v) is 7.66. The third-order valence-electron chi connectivity index (χ3n) is 3.25. The molecule has 1 aromatic rings. The van der Waals surface area contributed by atoms with Gasteiger partial charge in [0, 0.05) is 6.04 Å². The van der Waals surface area contributed by atoms with Gasteiger partial charge in [0.1, 0.15) is 0 Å². The second-order valence-corrected chi connectivity index (χ2v) is 6.25. The minimum atomic E-state index is -0.293. The normalized spacial score (nSPS) is 17.6. The number of hydrogen-bond donors (Lipinski definition) is 3. The van der Waals surface area contributed by atoms with Gasteiger partial charge in [-0.25, -0.2) is 0 Å². The average molecular weight is 296 g/mol. The SMILES string of the molecule is C[C@H](Sc1nc(N)nc(N)n1)C(=O)NC1CCCCC1.